The molecule has 98 valence electrons. The van der Waals surface area contributed by atoms with E-state index in [1.165, 1.54) is 5.56 Å². The number of benzene rings is 1. The van der Waals surface area contributed by atoms with E-state index in [-0.39, 0.29) is 18.1 Å². The molecule has 2 atom stereocenters. The van der Waals surface area contributed by atoms with E-state index < -0.39 is 0 Å². The van der Waals surface area contributed by atoms with Gasteiger partial charge in [-0.3, -0.25) is 4.79 Å². The van der Waals surface area contributed by atoms with Crippen molar-refractivity contribution in [1.82, 2.24) is 5.32 Å². The number of amides is 1. The Hall–Kier alpha value is -0.870. The molecule has 1 saturated heterocycles. The zero-order valence-corrected chi connectivity index (χ0v) is 12.1. The van der Waals surface area contributed by atoms with Gasteiger partial charge in [0.1, 0.15) is 0 Å². The quantitative estimate of drug-likeness (QED) is 0.872. The molecule has 2 rings (SSSR count). The van der Waals surface area contributed by atoms with E-state index in [9.17, 15) is 4.79 Å². The molecule has 1 N–H and O–H groups in total. The monoisotopic (exact) mass is 311 g/mol. The van der Waals surface area contributed by atoms with Crippen molar-refractivity contribution < 1.29 is 9.53 Å². The van der Waals surface area contributed by atoms with E-state index in [0.29, 0.717) is 0 Å². The largest absolute Gasteiger partial charge is 0.378 e. The van der Waals surface area contributed by atoms with E-state index in [2.05, 4.69) is 21.2 Å². The number of carbonyl (C=O) groups is 1. The number of hydrogen-bond acceptors (Lipinski definition) is 2. The zero-order chi connectivity index (χ0) is 13.0. The van der Waals surface area contributed by atoms with Crippen LogP contribution in [0.4, 0.5) is 0 Å². The lowest BCUT2D eigenvalue weighted by Gasteiger charge is -2.27. The van der Waals surface area contributed by atoms with Gasteiger partial charge in [0.2, 0.25) is 0 Å². The molecule has 2 unspecified atom stereocenters. The van der Waals surface area contributed by atoms with Gasteiger partial charge in [0.15, 0.2) is 0 Å². The summed E-state index contributed by atoms with van der Waals surface area (Å²) >= 11 is 3.39. The number of alkyl halides is 1. The van der Waals surface area contributed by atoms with Crippen LogP contribution in [-0.2, 0) is 10.1 Å². The van der Waals surface area contributed by atoms with Crippen molar-refractivity contribution in [2.75, 3.05) is 6.61 Å². The molecule has 0 radical (unpaired) electrons. The van der Waals surface area contributed by atoms with E-state index >= 15 is 0 Å². The Labute approximate surface area is 116 Å². The average Bonchev–Trinajstić information content (AvgIpc) is 2.39. The summed E-state index contributed by atoms with van der Waals surface area (Å²) in [6.07, 6.45) is 2.03. The van der Waals surface area contributed by atoms with Gasteiger partial charge < -0.3 is 10.1 Å². The average molecular weight is 312 g/mol. The molecule has 0 aromatic heterocycles. The Bertz CT molecular complexity index is 405. The third-order valence-electron chi connectivity index (χ3n) is 3.19. The normalized spacial score (nSPS) is 23.7. The van der Waals surface area contributed by atoms with Crippen LogP contribution in [-0.4, -0.2) is 24.7 Å². The number of ether oxygens (including phenoxy) is 1. The second-order valence-corrected chi connectivity index (χ2v) is 5.27. The molecule has 1 amide bonds. The Morgan fingerprint density at radius 3 is 2.78 bits per heavy atom. The van der Waals surface area contributed by atoms with Crippen molar-refractivity contribution in [2.45, 2.75) is 37.2 Å². The maximum absolute atomic E-state index is 12.1. The van der Waals surface area contributed by atoms with Crippen molar-refractivity contribution in [2.24, 2.45) is 0 Å². The van der Waals surface area contributed by atoms with Crippen LogP contribution >= 0.6 is 15.9 Å². The predicted molar refractivity (Wildman–Crippen MR) is 75.0 cm³/mol. The summed E-state index contributed by atoms with van der Waals surface area (Å²) in [4.78, 5) is 12.1. The minimum absolute atomic E-state index is 0.00947. The number of carbonyl (C=O) groups excluding carboxylic acids is 1. The highest BCUT2D eigenvalue weighted by Crippen LogP contribution is 2.14. The summed E-state index contributed by atoms with van der Waals surface area (Å²) in [5.41, 5.74) is 1.89. The standard InChI is InChI=1S/C14H18BrNO2/c1-10-8-13(6-7-18-10)16-14(17)12-4-2-11(9-15)3-5-12/h2-5,10,13H,6-9H2,1H3,(H,16,17). The van der Waals surface area contributed by atoms with Crippen LogP contribution in [0.25, 0.3) is 0 Å². The van der Waals surface area contributed by atoms with Gasteiger partial charge in [-0.2, -0.15) is 0 Å². The predicted octanol–water partition coefficient (Wildman–Crippen LogP) is 2.88. The third-order valence-corrected chi connectivity index (χ3v) is 3.84. The van der Waals surface area contributed by atoms with Gasteiger partial charge in [-0.1, -0.05) is 28.1 Å². The highest BCUT2D eigenvalue weighted by molar-refractivity contribution is 9.08. The Morgan fingerprint density at radius 2 is 2.17 bits per heavy atom. The number of halogens is 1. The molecule has 0 bridgehead atoms. The smallest absolute Gasteiger partial charge is 0.251 e. The van der Waals surface area contributed by atoms with E-state index in [1.807, 2.05) is 31.2 Å². The topological polar surface area (TPSA) is 38.3 Å². The highest BCUT2D eigenvalue weighted by atomic mass is 79.9. The van der Waals surface area contributed by atoms with Crippen LogP contribution in [0.5, 0.6) is 0 Å². The molecular formula is C14H18BrNO2. The van der Waals surface area contributed by atoms with Gasteiger partial charge >= 0.3 is 0 Å². The maximum Gasteiger partial charge on any atom is 0.251 e. The first kappa shape index (κ1) is 13.6. The van der Waals surface area contributed by atoms with Gasteiger partial charge in [0, 0.05) is 23.5 Å². The lowest BCUT2D eigenvalue weighted by atomic mass is 10.0. The van der Waals surface area contributed by atoms with Crippen molar-refractivity contribution in [3.63, 3.8) is 0 Å². The molecule has 3 nitrogen and oxygen atoms in total. The molecule has 0 spiro atoms. The second kappa shape index (κ2) is 6.34. The van der Waals surface area contributed by atoms with Crippen molar-refractivity contribution >= 4 is 21.8 Å². The summed E-state index contributed by atoms with van der Waals surface area (Å²) in [7, 11) is 0. The molecule has 1 aliphatic rings. The summed E-state index contributed by atoms with van der Waals surface area (Å²) in [6, 6.07) is 7.91. The maximum atomic E-state index is 12.1. The van der Waals surface area contributed by atoms with Crippen LogP contribution in [0.2, 0.25) is 0 Å². The Balaban J connectivity index is 1.94. The highest BCUT2D eigenvalue weighted by Gasteiger charge is 2.21. The van der Waals surface area contributed by atoms with Crippen LogP contribution < -0.4 is 5.32 Å². The first-order valence-electron chi connectivity index (χ1n) is 6.26. The lowest BCUT2D eigenvalue weighted by molar-refractivity contribution is 0.0136. The first-order chi connectivity index (χ1) is 8.69. The van der Waals surface area contributed by atoms with Crippen LogP contribution in [0.1, 0.15) is 35.7 Å². The first-order valence-corrected chi connectivity index (χ1v) is 7.38. The van der Waals surface area contributed by atoms with Gasteiger partial charge in [0.05, 0.1) is 6.10 Å². The summed E-state index contributed by atoms with van der Waals surface area (Å²) in [6.45, 7) is 2.78. The number of hydrogen-bond donors (Lipinski definition) is 1. The molecule has 0 aliphatic carbocycles. The molecule has 4 heteroatoms. The van der Waals surface area contributed by atoms with E-state index in [0.717, 1.165) is 30.3 Å². The second-order valence-electron chi connectivity index (χ2n) is 4.71. The fourth-order valence-electron chi connectivity index (χ4n) is 2.14. The van der Waals surface area contributed by atoms with Crippen LogP contribution in [0.15, 0.2) is 24.3 Å². The molecule has 1 aliphatic heterocycles. The van der Waals surface area contributed by atoms with Gasteiger partial charge in [-0.05, 0) is 37.5 Å². The fraction of sp³-hybridized carbons (Fsp3) is 0.500. The van der Waals surface area contributed by atoms with Crippen molar-refractivity contribution in [1.29, 1.82) is 0 Å². The lowest BCUT2D eigenvalue weighted by Crippen LogP contribution is -2.41. The van der Waals surface area contributed by atoms with Gasteiger partial charge in [0.25, 0.3) is 5.91 Å². The number of rotatable bonds is 3. The Kier molecular flexibility index (Phi) is 4.78. The van der Waals surface area contributed by atoms with Gasteiger partial charge in [-0.15, -0.1) is 0 Å². The molecular weight excluding hydrogens is 294 g/mol. The SMILES string of the molecule is CC1CC(NC(=O)c2ccc(CBr)cc2)CCO1. The van der Waals surface area contributed by atoms with E-state index in [4.69, 9.17) is 4.74 Å². The minimum Gasteiger partial charge on any atom is -0.378 e. The molecule has 18 heavy (non-hydrogen) atoms. The van der Waals surface area contributed by atoms with E-state index in [1.54, 1.807) is 0 Å². The molecule has 1 fully saturated rings. The minimum atomic E-state index is 0.00947. The third kappa shape index (κ3) is 3.56. The summed E-state index contributed by atoms with van der Waals surface area (Å²) in [5.74, 6) is 0.00947. The van der Waals surface area contributed by atoms with Crippen molar-refractivity contribution in [3.05, 3.63) is 35.4 Å². The molecule has 1 heterocycles. The number of nitrogens with one attached hydrogen (secondary N) is 1. The van der Waals surface area contributed by atoms with Gasteiger partial charge in [-0.25, -0.2) is 0 Å². The summed E-state index contributed by atoms with van der Waals surface area (Å²) < 4.78 is 5.47. The molecule has 1 aromatic rings. The fourth-order valence-corrected chi connectivity index (χ4v) is 2.52. The summed E-state index contributed by atoms with van der Waals surface area (Å²) in [5, 5.41) is 3.88. The van der Waals surface area contributed by atoms with Crippen molar-refractivity contribution in [3.8, 4) is 0 Å². The zero-order valence-electron chi connectivity index (χ0n) is 10.5. The van der Waals surface area contributed by atoms with Crippen LogP contribution in [0.3, 0.4) is 0 Å². The Morgan fingerprint density at radius 1 is 1.44 bits per heavy atom. The van der Waals surface area contributed by atoms with Crippen LogP contribution in [0, 0.1) is 0 Å². The molecule has 1 aromatic carbocycles. The molecule has 0 saturated carbocycles.